The van der Waals surface area contributed by atoms with Crippen LogP contribution in [0.1, 0.15) is 55.8 Å². The molecule has 2 fully saturated rings. The summed E-state index contributed by atoms with van der Waals surface area (Å²) >= 11 is 0. The van der Waals surface area contributed by atoms with E-state index in [0.29, 0.717) is 48.2 Å². The number of amides is 2. The molecule has 3 aliphatic heterocycles. The van der Waals surface area contributed by atoms with Crippen molar-refractivity contribution in [2.24, 2.45) is 16.5 Å². The van der Waals surface area contributed by atoms with E-state index in [4.69, 9.17) is 21.2 Å². The molecule has 3 aliphatic rings. The number of hydrogen-bond acceptors (Lipinski definition) is 8. The quantitative estimate of drug-likeness (QED) is 0.420. The summed E-state index contributed by atoms with van der Waals surface area (Å²) in [6.07, 6.45) is 7.63. The van der Waals surface area contributed by atoms with E-state index in [2.05, 4.69) is 15.5 Å². The highest BCUT2D eigenvalue weighted by atomic mass is 16.5. The van der Waals surface area contributed by atoms with E-state index >= 15 is 0 Å². The Hall–Kier alpha value is -2.95. The second kappa shape index (κ2) is 12.3. The lowest BCUT2D eigenvalue weighted by atomic mass is 10.0. The Kier molecular flexibility index (Phi) is 8.95. The van der Waals surface area contributed by atoms with E-state index in [1.54, 1.807) is 29.3 Å². The number of aliphatic imine (C=N–C) groups is 1. The molecule has 0 bridgehead atoms. The Bertz CT molecular complexity index is 1010. The standard InChI is InChI=1S/C26H39N7O3/c1-18(34)30-25-24(16-29-21-6-3-11-32(14-9-21)12-4-10-27)36-23-8-7-19(15-22(23)31-25)26(35)33-13-2-5-20(28)17-33/h7-8,15-16,20-21,31H,2-6,9-14,17,27-28H2,1H3,(H,30,34)/t20-,21?/m0/s1. The summed E-state index contributed by atoms with van der Waals surface area (Å²) in [5, 5.41) is 6.03. The lowest BCUT2D eigenvalue weighted by Gasteiger charge is -2.31. The number of ether oxygens (including phenoxy) is 1. The molecule has 0 radical (unpaired) electrons. The molecule has 0 saturated carbocycles. The minimum Gasteiger partial charge on any atom is -0.450 e. The monoisotopic (exact) mass is 497 g/mol. The number of allylic oxidation sites excluding steroid dienone is 1. The van der Waals surface area contributed by atoms with Gasteiger partial charge in [-0.1, -0.05) is 0 Å². The molecule has 10 heteroatoms. The van der Waals surface area contributed by atoms with Crippen LogP contribution in [0.2, 0.25) is 0 Å². The highest BCUT2D eigenvalue weighted by Gasteiger charge is 2.25. The van der Waals surface area contributed by atoms with Gasteiger partial charge in [0.15, 0.2) is 17.3 Å². The summed E-state index contributed by atoms with van der Waals surface area (Å²) in [5.41, 5.74) is 12.9. The van der Waals surface area contributed by atoms with Gasteiger partial charge in [0.2, 0.25) is 5.91 Å². The van der Waals surface area contributed by atoms with Crippen molar-refractivity contribution in [2.45, 2.75) is 57.5 Å². The second-order valence-corrected chi connectivity index (χ2v) is 9.86. The van der Waals surface area contributed by atoms with Crippen molar-refractivity contribution in [1.82, 2.24) is 15.1 Å². The number of hydrogen-bond donors (Lipinski definition) is 4. The molecule has 196 valence electrons. The number of likely N-dealkylation sites (tertiary alicyclic amines) is 2. The molecule has 1 aromatic carbocycles. The van der Waals surface area contributed by atoms with Gasteiger partial charge in [0.05, 0.1) is 17.9 Å². The zero-order valence-corrected chi connectivity index (χ0v) is 21.2. The third-order valence-electron chi connectivity index (χ3n) is 6.87. The molecular weight excluding hydrogens is 458 g/mol. The first kappa shape index (κ1) is 26.1. The highest BCUT2D eigenvalue weighted by molar-refractivity contribution is 5.96. The summed E-state index contributed by atoms with van der Waals surface area (Å²) in [5.74, 6) is 1.16. The molecule has 2 atom stereocenters. The second-order valence-electron chi connectivity index (χ2n) is 9.86. The van der Waals surface area contributed by atoms with Gasteiger partial charge >= 0.3 is 0 Å². The van der Waals surface area contributed by atoms with E-state index in [1.165, 1.54) is 6.92 Å². The normalized spacial score (nSPS) is 23.0. The topological polar surface area (TPSA) is 138 Å². The first-order valence-corrected chi connectivity index (χ1v) is 13.0. The fourth-order valence-corrected chi connectivity index (χ4v) is 4.95. The molecule has 3 heterocycles. The predicted molar refractivity (Wildman–Crippen MR) is 141 cm³/mol. The van der Waals surface area contributed by atoms with Gasteiger partial charge in [0.25, 0.3) is 5.91 Å². The molecule has 0 aliphatic carbocycles. The van der Waals surface area contributed by atoms with Crippen molar-refractivity contribution in [2.75, 3.05) is 44.6 Å². The van der Waals surface area contributed by atoms with Gasteiger partial charge in [-0.3, -0.25) is 14.6 Å². The molecular formula is C26H39N7O3. The van der Waals surface area contributed by atoms with Crippen molar-refractivity contribution >= 4 is 23.7 Å². The number of carbonyl (C=O) groups is 2. The van der Waals surface area contributed by atoms with Crippen LogP contribution in [0.4, 0.5) is 5.69 Å². The molecule has 2 saturated heterocycles. The third-order valence-corrected chi connectivity index (χ3v) is 6.87. The van der Waals surface area contributed by atoms with Crippen molar-refractivity contribution in [3.05, 3.63) is 35.3 Å². The average Bonchev–Trinajstić information content (AvgIpc) is 3.10. The maximum atomic E-state index is 13.0. The van der Waals surface area contributed by atoms with E-state index in [1.807, 2.05) is 0 Å². The number of carbonyl (C=O) groups excluding carboxylic acids is 2. The van der Waals surface area contributed by atoms with Crippen LogP contribution in [-0.4, -0.2) is 79.2 Å². The van der Waals surface area contributed by atoms with Crippen molar-refractivity contribution in [3.8, 4) is 5.75 Å². The van der Waals surface area contributed by atoms with Crippen LogP contribution in [0.5, 0.6) is 5.75 Å². The summed E-state index contributed by atoms with van der Waals surface area (Å²) in [7, 11) is 0. The number of fused-ring (bicyclic) bond motifs is 1. The van der Waals surface area contributed by atoms with Gasteiger partial charge in [-0.2, -0.15) is 0 Å². The fraction of sp³-hybridized carbons (Fsp3) is 0.577. The molecule has 0 spiro atoms. The van der Waals surface area contributed by atoms with Crippen molar-refractivity contribution in [3.63, 3.8) is 0 Å². The number of nitrogens with one attached hydrogen (secondary N) is 2. The zero-order chi connectivity index (χ0) is 25.5. The van der Waals surface area contributed by atoms with Crippen LogP contribution < -0.4 is 26.8 Å². The number of nitrogens with zero attached hydrogens (tertiary/aromatic N) is 3. The van der Waals surface area contributed by atoms with Crippen LogP contribution in [0.3, 0.4) is 0 Å². The molecule has 36 heavy (non-hydrogen) atoms. The number of benzene rings is 1. The van der Waals surface area contributed by atoms with Crippen LogP contribution in [0.15, 0.2) is 34.8 Å². The summed E-state index contributed by atoms with van der Waals surface area (Å²) in [4.78, 5) is 34.0. The van der Waals surface area contributed by atoms with E-state index in [-0.39, 0.29) is 23.9 Å². The SMILES string of the molecule is CC(=O)NC1=C(C=NC2CCCN(CCCN)CC2)Oc2ccc(C(=O)N3CCC[C@H](N)C3)cc2N1. The van der Waals surface area contributed by atoms with Crippen LogP contribution >= 0.6 is 0 Å². The van der Waals surface area contributed by atoms with Crippen molar-refractivity contribution in [1.29, 1.82) is 0 Å². The van der Waals surface area contributed by atoms with Crippen LogP contribution in [0.25, 0.3) is 0 Å². The van der Waals surface area contributed by atoms with Gasteiger partial charge in [-0.15, -0.1) is 0 Å². The Morgan fingerprint density at radius 2 is 2.06 bits per heavy atom. The van der Waals surface area contributed by atoms with Gasteiger partial charge in [-0.25, -0.2) is 0 Å². The predicted octanol–water partition coefficient (Wildman–Crippen LogP) is 1.63. The smallest absolute Gasteiger partial charge is 0.253 e. The molecule has 10 nitrogen and oxygen atoms in total. The van der Waals surface area contributed by atoms with Crippen LogP contribution in [0, 0.1) is 0 Å². The first-order chi connectivity index (χ1) is 17.4. The molecule has 1 aromatic rings. The highest BCUT2D eigenvalue weighted by Crippen LogP contribution is 2.33. The molecule has 4 rings (SSSR count). The van der Waals surface area contributed by atoms with Gasteiger partial charge in [0.1, 0.15) is 0 Å². The maximum absolute atomic E-state index is 13.0. The maximum Gasteiger partial charge on any atom is 0.253 e. The molecule has 6 N–H and O–H groups in total. The Morgan fingerprint density at radius 1 is 1.22 bits per heavy atom. The number of piperidine rings is 1. The molecule has 0 aromatic heterocycles. The Labute approximate surface area is 213 Å². The zero-order valence-electron chi connectivity index (χ0n) is 21.2. The van der Waals surface area contributed by atoms with Gasteiger partial charge in [0, 0.05) is 38.2 Å². The number of anilines is 1. The Balaban J connectivity index is 1.46. The first-order valence-electron chi connectivity index (χ1n) is 13.0. The minimum absolute atomic E-state index is 0.0143. The van der Waals surface area contributed by atoms with E-state index in [0.717, 1.165) is 58.2 Å². The van der Waals surface area contributed by atoms with E-state index in [9.17, 15) is 9.59 Å². The average molecular weight is 498 g/mol. The number of nitrogens with two attached hydrogens (primary N) is 2. The largest absolute Gasteiger partial charge is 0.450 e. The molecule has 1 unspecified atom stereocenters. The van der Waals surface area contributed by atoms with Gasteiger partial charge < -0.3 is 36.6 Å². The summed E-state index contributed by atoms with van der Waals surface area (Å²) in [6, 6.07) is 5.51. The van der Waals surface area contributed by atoms with Crippen molar-refractivity contribution < 1.29 is 14.3 Å². The van der Waals surface area contributed by atoms with Gasteiger partial charge in [-0.05, 0) is 76.4 Å². The lowest BCUT2D eigenvalue weighted by molar-refractivity contribution is -0.118. The third kappa shape index (κ3) is 6.83. The van der Waals surface area contributed by atoms with E-state index < -0.39 is 0 Å². The summed E-state index contributed by atoms with van der Waals surface area (Å²) in [6.45, 7) is 6.53. The lowest BCUT2D eigenvalue weighted by Crippen LogP contribution is -2.45. The Morgan fingerprint density at radius 3 is 2.83 bits per heavy atom. The minimum atomic E-state index is -0.227. The molecule has 2 amide bonds. The number of rotatable bonds is 7. The van der Waals surface area contributed by atoms with Crippen LogP contribution in [-0.2, 0) is 4.79 Å². The summed E-state index contributed by atoms with van der Waals surface area (Å²) < 4.78 is 6.12. The fourth-order valence-electron chi connectivity index (χ4n) is 4.95.